The van der Waals surface area contributed by atoms with Crippen molar-refractivity contribution in [3.05, 3.63) is 66.5 Å². The number of aromatic nitrogens is 5. The quantitative estimate of drug-likeness (QED) is 0.739. The van der Waals surface area contributed by atoms with Crippen LogP contribution in [0.15, 0.2) is 55.1 Å². The molecule has 2 amide bonds. The van der Waals surface area contributed by atoms with Gasteiger partial charge < -0.3 is 0 Å². The first kappa shape index (κ1) is 15.2. The van der Waals surface area contributed by atoms with Crippen LogP contribution in [0, 0.1) is 0 Å². The van der Waals surface area contributed by atoms with Gasteiger partial charge in [0.25, 0.3) is 11.8 Å². The molecule has 3 rings (SSSR count). The Kier molecular flexibility index (Phi) is 4.43. The number of hydrogen-bond acceptors (Lipinski definition) is 7. The number of anilines is 2. The van der Waals surface area contributed by atoms with Gasteiger partial charge >= 0.3 is 0 Å². The van der Waals surface area contributed by atoms with E-state index in [2.05, 4.69) is 35.6 Å². The van der Waals surface area contributed by atoms with E-state index in [4.69, 9.17) is 0 Å². The molecule has 24 heavy (non-hydrogen) atoms. The zero-order chi connectivity index (χ0) is 16.8. The van der Waals surface area contributed by atoms with Crippen LogP contribution < -0.4 is 10.6 Å². The van der Waals surface area contributed by atoms with Crippen molar-refractivity contribution < 1.29 is 9.59 Å². The van der Waals surface area contributed by atoms with Crippen molar-refractivity contribution in [3.8, 4) is 0 Å². The third kappa shape index (κ3) is 3.71. The second kappa shape index (κ2) is 7.01. The summed E-state index contributed by atoms with van der Waals surface area (Å²) < 4.78 is 0. The van der Waals surface area contributed by atoms with Gasteiger partial charge in [-0.25, -0.2) is 24.9 Å². The number of nitrogens with one attached hydrogen (secondary N) is 2. The van der Waals surface area contributed by atoms with Crippen LogP contribution in [0.2, 0.25) is 0 Å². The first-order valence-corrected chi connectivity index (χ1v) is 6.86. The maximum absolute atomic E-state index is 12.1. The highest BCUT2D eigenvalue weighted by Crippen LogP contribution is 2.05. The van der Waals surface area contributed by atoms with E-state index < -0.39 is 11.8 Å². The van der Waals surface area contributed by atoms with Crippen LogP contribution in [0.3, 0.4) is 0 Å². The summed E-state index contributed by atoms with van der Waals surface area (Å²) >= 11 is 0. The van der Waals surface area contributed by atoms with Crippen LogP contribution >= 0.6 is 0 Å². The molecular weight excluding hydrogens is 310 g/mol. The van der Waals surface area contributed by atoms with Crippen molar-refractivity contribution in [1.82, 2.24) is 24.9 Å². The molecule has 0 atom stereocenters. The number of nitrogens with zero attached hydrogens (tertiary/aromatic N) is 5. The Morgan fingerprint density at radius 3 is 1.50 bits per heavy atom. The Balaban J connectivity index is 1.74. The summed E-state index contributed by atoms with van der Waals surface area (Å²) in [7, 11) is 0. The Morgan fingerprint density at radius 1 is 0.667 bits per heavy atom. The topological polar surface area (TPSA) is 123 Å². The molecule has 0 aromatic carbocycles. The highest BCUT2D eigenvalue weighted by atomic mass is 16.2. The van der Waals surface area contributed by atoms with E-state index >= 15 is 0 Å². The van der Waals surface area contributed by atoms with Gasteiger partial charge in [0, 0.05) is 24.8 Å². The summed E-state index contributed by atoms with van der Waals surface area (Å²) in [6.45, 7) is 0. The normalized spacial score (nSPS) is 10.0. The molecule has 0 aliphatic rings. The molecule has 2 N–H and O–H groups in total. The molecule has 0 radical (unpaired) electrons. The lowest BCUT2D eigenvalue weighted by Gasteiger charge is -2.05. The molecule has 118 valence electrons. The minimum absolute atomic E-state index is 0.0593. The van der Waals surface area contributed by atoms with Crippen molar-refractivity contribution in [2.45, 2.75) is 0 Å². The molecule has 0 aliphatic carbocycles. The smallest absolute Gasteiger partial charge is 0.276 e. The van der Waals surface area contributed by atoms with Crippen molar-refractivity contribution >= 4 is 23.7 Å². The third-order valence-corrected chi connectivity index (χ3v) is 2.80. The van der Waals surface area contributed by atoms with E-state index in [-0.39, 0.29) is 23.3 Å². The van der Waals surface area contributed by atoms with E-state index in [1.54, 1.807) is 18.2 Å². The maximum atomic E-state index is 12.1. The van der Waals surface area contributed by atoms with Gasteiger partial charge in [0.15, 0.2) is 0 Å². The summed E-state index contributed by atoms with van der Waals surface area (Å²) in [5.74, 6) is -0.743. The Labute approximate surface area is 136 Å². The second-order valence-corrected chi connectivity index (χ2v) is 4.46. The number of rotatable bonds is 4. The Morgan fingerprint density at radius 2 is 1.08 bits per heavy atom. The molecule has 3 aromatic heterocycles. The van der Waals surface area contributed by atoms with Crippen LogP contribution in [0.5, 0.6) is 0 Å². The van der Waals surface area contributed by atoms with Crippen molar-refractivity contribution in [3.63, 3.8) is 0 Å². The molecule has 3 aromatic rings. The van der Waals surface area contributed by atoms with Crippen LogP contribution in [0.1, 0.15) is 21.0 Å². The first-order valence-electron chi connectivity index (χ1n) is 6.86. The molecular formula is C15H11N7O2. The lowest BCUT2D eigenvalue weighted by atomic mass is 10.2. The fourth-order valence-electron chi connectivity index (χ4n) is 1.75. The van der Waals surface area contributed by atoms with E-state index in [9.17, 15) is 9.59 Å². The average molecular weight is 321 g/mol. The highest BCUT2D eigenvalue weighted by molar-refractivity contribution is 6.05. The molecule has 0 spiro atoms. The van der Waals surface area contributed by atoms with Gasteiger partial charge in [0.05, 0.1) is 0 Å². The third-order valence-electron chi connectivity index (χ3n) is 2.80. The van der Waals surface area contributed by atoms with E-state index in [0.29, 0.717) is 0 Å². The fourth-order valence-corrected chi connectivity index (χ4v) is 1.75. The predicted octanol–water partition coefficient (Wildman–Crippen LogP) is 1.17. The van der Waals surface area contributed by atoms with Crippen molar-refractivity contribution in [2.24, 2.45) is 0 Å². The van der Waals surface area contributed by atoms with Gasteiger partial charge in [-0.15, -0.1) is 0 Å². The summed E-state index contributed by atoms with van der Waals surface area (Å²) in [4.78, 5) is 43.9. The van der Waals surface area contributed by atoms with E-state index in [0.717, 1.165) is 0 Å². The number of pyridine rings is 1. The van der Waals surface area contributed by atoms with Gasteiger partial charge in [-0.1, -0.05) is 6.07 Å². The van der Waals surface area contributed by atoms with Gasteiger partial charge in [-0.3, -0.25) is 20.2 Å². The average Bonchev–Trinajstić information content (AvgIpc) is 2.63. The monoisotopic (exact) mass is 321 g/mol. The number of amides is 2. The summed E-state index contributed by atoms with van der Waals surface area (Å²) in [6, 6.07) is 7.77. The van der Waals surface area contributed by atoms with E-state index in [1.807, 2.05) is 0 Å². The Bertz CT molecular complexity index is 787. The standard InChI is InChI=1S/C15H11N7O2/c23-12(21-14-16-6-2-7-17-14)10-4-1-5-11(20-10)13(24)22-15-18-8-3-9-19-15/h1-9H,(H,16,17,21,23)(H,18,19,22,24). The Hall–Kier alpha value is -3.75. The zero-order valence-electron chi connectivity index (χ0n) is 12.2. The molecule has 0 saturated heterocycles. The molecule has 9 heteroatoms. The summed E-state index contributed by atoms with van der Waals surface area (Å²) in [5, 5.41) is 4.99. The largest absolute Gasteiger partial charge is 0.289 e. The van der Waals surface area contributed by atoms with Gasteiger partial charge in [-0.05, 0) is 24.3 Å². The lowest BCUT2D eigenvalue weighted by Crippen LogP contribution is -2.19. The van der Waals surface area contributed by atoms with Crippen LogP contribution in [0.4, 0.5) is 11.9 Å². The second-order valence-electron chi connectivity index (χ2n) is 4.46. The van der Waals surface area contributed by atoms with Crippen molar-refractivity contribution in [2.75, 3.05) is 10.6 Å². The molecule has 0 fully saturated rings. The molecule has 0 saturated carbocycles. The zero-order valence-corrected chi connectivity index (χ0v) is 12.2. The maximum Gasteiger partial charge on any atom is 0.276 e. The summed E-state index contributed by atoms with van der Waals surface area (Å²) in [5.41, 5.74) is 0.119. The van der Waals surface area contributed by atoms with Crippen molar-refractivity contribution in [1.29, 1.82) is 0 Å². The molecule has 0 aliphatic heterocycles. The minimum atomic E-state index is -0.521. The van der Waals surface area contributed by atoms with Crippen LogP contribution in [-0.4, -0.2) is 36.7 Å². The van der Waals surface area contributed by atoms with Crippen LogP contribution in [0.25, 0.3) is 0 Å². The van der Waals surface area contributed by atoms with Gasteiger partial charge in [0.1, 0.15) is 11.4 Å². The van der Waals surface area contributed by atoms with E-state index in [1.165, 1.54) is 36.9 Å². The fraction of sp³-hybridized carbons (Fsp3) is 0. The first-order chi connectivity index (χ1) is 11.7. The number of carbonyl (C=O) groups excluding carboxylic acids is 2. The van der Waals surface area contributed by atoms with Gasteiger partial charge in [-0.2, -0.15) is 0 Å². The van der Waals surface area contributed by atoms with Crippen LogP contribution in [-0.2, 0) is 0 Å². The molecule has 0 bridgehead atoms. The SMILES string of the molecule is O=C(Nc1ncccn1)c1cccc(C(=O)Nc2ncccn2)n1. The molecule has 0 unspecified atom stereocenters. The number of carbonyl (C=O) groups is 2. The minimum Gasteiger partial charge on any atom is -0.289 e. The lowest BCUT2D eigenvalue weighted by molar-refractivity contribution is 0.101. The molecule has 9 nitrogen and oxygen atoms in total. The summed E-state index contributed by atoms with van der Waals surface area (Å²) in [6.07, 6.45) is 6.00. The van der Waals surface area contributed by atoms with Gasteiger partial charge in [0.2, 0.25) is 11.9 Å². The predicted molar refractivity (Wildman–Crippen MR) is 84.2 cm³/mol. The highest BCUT2D eigenvalue weighted by Gasteiger charge is 2.14. The molecule has 3 heterocycles. The number of hydrogen-bond donors (Lipinski definition) is 2.